The maximum atomic E-state index is 13.0. The molecule has 8 heteroatoms. The number of hydrogen-bond acceptors (Lipinski definition) is 4. The lowest BCUT2D eigenvalue weighted by molar-refractivity contribution is -0.137. The van der Waals surface area contributed by atoms with Crippen LogP contribution >= 0.6 is 0 Å². The van der Waals surface area contributed by atoms with Gasteiger partial charge in [0.15, 0.2) is 0 Å². The van der Waals surface area contributed by atoms with Crippen LogP contribution < -0.4 is 4.90 Å². The zero-order valence-corrected chi connectivity index (χ0v) is 16.8. The molecule has 5 nitrogen and oxygen atoms in total. The highest BCUT2D eigenvalue weighted by Gasteiger charge is 2.32. The SMILES string of the molecule is Cn1cc(CN2CCC[C@@H](N3CCN(c4cccc(C(F)(F)F)c4)CC3)C2)cn1. The van der Waals surface area contributed by atoms with E-state index in [9.17, 15) is 13.2 Å². The van der Waals surface area contributed by atoms with Gasteiger partial charge < -0.3 is 4.90 Å². The van der Waals surface area contributed by atoms with Gasteiger partial charge in [-0.25, -0.2) is 0 Å². The van der Waals surface area contributed by atoms with Crippen LogP contribution in [-0.2, 0) is 19.8 Å². The van der Waals surface area contributed by atoms with Crippen molar-refractivity contribution in [3.63, 3.8) is 0 Å². The molecule has 0 N–H and O–H groups in total. The van der Waals surface area contributed by atoms with E-state index in [0.29, 0.717) is 11.7 Å². The molecule has 2 aliphatic heterocycles. The Morgan fingerprint density at radius 2 is 1.90 bits per heavy atom. The van der Waals surface area contributed by atoms with Gasteiger partial charge in [0.1, 0.15) is 0 Å². The molecule has 0 aliphatic carbocycles. The van der Waals surface area contributed by atoms with Crippen LogP contribution in [0, 0.1) is 0 Å². The van der Waals surface area contributed by atoms with Gasteiger partial charge in [-0.05, 0) is 37.6 Å². The minimum Gasteiger partial charge on any atom is -0.369 e. The molecule has 158 valence electrons. The Morgan fingerprint density at radius 1 is 1.10 bits per heavy atom. The first-order valence-corrected chi connectivity index (χ1v) is 10.2. The summed E-state index contributed by atoms with van der Waals surface area (Å²) in [4.78, 5) is 7.08. The average Bonchev–Trinajstić information content (AvgIpc) is 3.12. The van der Waals surface area contributed by atoms with Crippen LogP contribution in [0.15, 0.2) is 36.7 Å². The molecule has 0 saturated carbocycles. The summed E-state index contributed by atoms with van der Waals surface area (Å²) in [6.07, 6.45) is 2.07. The van der Waals surface area contributed by atoms with Crippen LogP contribution in [0.2, 0.25) is 0 Å². The number of aryl methyl sites for hydroxylation is 1. The van der Waals surface area contributed by atoms with E-state index in [0.717, 1.165) is 51.9 Å². The smallest absolute Gasteiger partial charge is 0.369 e. The van der Waals surface area contributed by atoms with Crippen molar-refractivity contribution in [2.45, 2.75) is 31.6 Å². The predicted molar refractivity (Wildman–Crippen MR) is 107 cm³/mol. The molecular weight excluding hydrogens is 379 g/mol. The zero-order valence-electron chi connectivity index (χ0n) is 16.8. The molecule has 1 aromatic carbocycles. The summed E-state index contributed by atoms with van der Waals surface area (Å²) in [6.45, 7) is 6.38. The molecular formula is C21H28F3N5. The minimum atomic E-state index is -4.29. The third-order valence-corrected chi connectivity index (χ3v) is 6.01. The number of anilines is 1. The van der Waals surface area contributed by atoms with Gasteiger partial charge in [0.2, 0.25) is 0 Å². The van der Waals surface area contributed by atoms with Crippen molar-refractivity contribution in [3.8, 4) is 0 Å². The summed E-state index contributed by atoms with van der Waals surface area (Å²) in [5.41, 5.74) is 1.33. The molecule has 2 aliphatic rings. The molecule has 0 bridgehead atoms. The van der Waals surface area contributed by atoms with Gasteiger partial charge in [-0.15, -0.1) is 0 Å². The topological polar surface area (TPSA) is 27.5 Å². The monoisotopic (exact) mass is 407 g/mol. The van der Waals surface area contributed by atoms with Gasteiger partial charge in [-0.2, -0.15) is 18.3 Å². The first-order valence-electron chi connectivity index (χ1n) is 10.2. The van der Waals surface area contributed by atoms with Crippen molar-refractivity contribution in [3.05, 3.63) is 47.8 Å². The lowest BCUT2D eigenvalue weighted by atomic mass is 10.0. The van der Waals surface area contributed by atoms with E-state index in [2.05, 4.69) is 26.0 Å². The summed E-state index contributed by atoms with van der Waals surface area (Å²) in [5.74, 6) is 0. The Kier molecular flexibility index (Phi) is 5.83. The molecule has 1 aromatic heterocycles. The molecule has 0 amide bonds. The van der Waals surface area contributed by atoms with Gasteiger partial charge in [0.05, 0.1) is 11.8 Å². The van der Waals surface area contributed by atoms with E-state index in [1.54, 1.807) is 6.07 Å². The molecule has 2 fully saturated rings. The van der Waals surface area contributed by atoms with E-state index >= 15 is 0 Å². The van der Waals surface area contributed by atoms with Gasteiger partial charge in [0.25, 0.3) is 0 Å². The third kappa shape index (κ3) is 4.93. The fraction of sp³-hybridized carbons (Fsp3) is 0.571. The molecule has 1 atom stereocenters. The number of piperazine rings is 1. The van der Waals surface area contributed by atoms with Crippen molar-refractivity contribution < 1.29 is 13.2 Å². The number of piperidine rings is 1. The second-order valence-electron chi connectivity index (χ2n) is 8.12. The van der Waals surface area contributed by atoms with Crippen molar-refractivity contribution >= 4 is 5.69 Å². The number of halogens is 3. The molecule has 2 aromatic rings. The normalized spacial score (nSPS) is 22.2. The number of benzene rings is 1. The summed E-state index contributed by atoms with van der Waals surface area (Å²) in [7, 11) is 1.94. The summed E-state index contributed by atoms with van der Waals surface area (Å²) >= 11 is 0. The lowest BCUT2D eigenvalue weighted by Gasteiger charge is -2.44. The summed E-state index contributed by atoms with van der Waals surface area (Å²) in [5, 5.41) is 4.25. The Hall–Kier alpha value is -2.06. The molecule has 29 heavy (non-hydrogen) atoms. The number of hydrogen-bond donors (Lipinski definition) is 0. The van der Waals surface area contributed by atoms with Gasteiger partial charge in [-0.1, -0.05) is 6.07 Å². The van der Waals surface area contributed by atoms with E-state index in [1.807, 2.05) is 17.9 Å². The van der Waals surface area contributed by atoms with Crippen molar-refractivity contribution in [1.82, 2.24) is 19.6 Å². The number of likely N-dealkylation sites (tertiary alicyclic amines) is 1. The molecule has 2 saturated heterocycles. The number of nitrogens with zero attached hydrogens (tertiary/aromatic N) is 5. The van der Waals surface area contributed by atoms with Crippen LogP contribution in [0.4, 0.5) is 18.9 Å². The Morgan fingerprint density at radius 3 is 2.59 bits per heavy atom. The number of aromatic nitrogens is 2. The Labute approximate surface area is 169 Å². The second-order valence-corrected chi connectivity index (χ2v) is 8.12. The minimum absolute atomic E-state index is 0.518. The van der Waals surface area contributed by atoms with Crippen LogP contribution in [0.3, 0.4) is 0 Å². The Balaban J connectivity index is 1.32. The van der Waals surface area contributed by atoms with E-state index in [1.165, 1.54) is 30.5 Å². The highest BCUT2D eigenvalue weighted by atomic mass is 19.4. The van der Waals surface area contributed by atoms with Gasteiger partial charge in [-0.3, -0.25) is 14.5 Å². The standard InChI is InChI=1S/C21H28F3N5/c1-26-14-17(13-25-26)15-27-7-3-6-20(16-27)29-10-8-28(9-11-29)19-5-2-4-18(12-19)21(22,23)24/h2,4-5,12-14,20H,3,6-11,15-16H2,1H3/t20-/m1/s1. The largest absolute Gasteiger partial charge is 0.416 e. The zero-order chi connectivity index (χ0) is 20.4. The van der Waals surface area contributed by atoms with E-state index in [4.69, 9.17) is 0 Å². The van der Waals surface area contributed by atoms with Gasteiger partial charge >= 0.3 is 6.18 Å². The molecule has 0 radical (unpaired) electrons. The molecule has 0 unspecified atom stereocenters. The maximum Gasteiger partial charge on any atom is 0.416 e. The quantitative estimate of drug-likeness (QED) is 0.778. The van der Waals surface area contributed by atoms with Gasteiger partial charge in [0, 0.05) is 69.8 Å². The first kappa shape index (κ1) is 20.2. The maximum absolute atomic E-state index is 13.0. The summed E-state index contributed by atoms with van der Waals surface area (Å²) < 4.78 is 40.8. The molecule has 4 rings (SSSR count). The Bertz CT molecular complexity index is 811. The second kappa shape index (κ2) is 8.36. The van der Waals surface area contributed by atoms with Crippen molar-refractivity contribution in [1.29, 1.82) is 0 Å². The average molecular weight is 407 g/mol. The highest BCUT2D eigenvalue weighted by Crippen LogP contribution is 2.32. The number of alkyl halides is 3. The van der Waals surface area contributed by atoms with Crippen LogP contribution in [0.1, 0.15) is 24.0 Å². The van der Waals surface area contributed by atoms with Crippen LogP contribution in [0.25, 0.3) is 0 Å². The van der Waals surface area contributed by atoms with Crippen molar-refractivity contribution in [2.75, 3.05) is 44.2 Å². The molecule has 3 heterocycles. The van der Waals surface area contributed by atoms with E-state index < -0.39 is 11.7 Å². The molecule has 0 spiro atoms. The third-order valence-electron chi connectivity index (χ3n) is 6.01. The first-order chi connectivity index (χ1) is 13.9. The fourth-order valence-electron chi connectivity index (χ4n) is 4.51. The lowest BCUT2D eigenvalue weighted by Crippen LogP contribution is -2.55. The van der Waals surface area contributed by atoms with Crippen LogP contribution in [0.5, 0.6) is 0 Å². The fourth-order valence-corrected chi connectivity index (χ4v) is 4.51. The predicted octanol–water partition coefficient (Wildman–Crippen LogP) is 3.23. The number of rotatable bonds is 4. The highest BCUT2D eigenvalue weighted by molar-refractivity contribution is 5.49. The summed E-state index contributed by atoms with van der Waals surface area (Å²) in [6, 6.07) is 6.21. The van der Waals surface area contributed by atoms with Crippen molar-refractivity contribution in [2.24, 2.45) is 7.05 Å². The van der Waals surface area contributed by atoms with E-state index in [-0.39, 0.29) is 0 Å². The van der Waals surface area contributed by atoms with Crippen LogP contribution in [-0.4, -0.2) is 64.9 Å².